The predicted octanol–water partition coefficient (Wildman–Crippen LogP) is 1.45. The van der Waals surface area contributed by atoms with E-state index in [1.165, 1.54) is 19.3 Å². The smallest absolute Gasteiger partial charge is 0.0771 e. The number of rotatable bonds is 9. The van der Waals surface area contributed by atoms with E-state index in [1.807, 2.05) is 0 Å². The van der Waals surface area contributed by atoms with Gasteiger partial charge in [0.2, 0.25) is 0 Å². The Hall–Kier alpha value is -0.120. The molecule has 0 rings (SSSR count). The van der Waals surface area contributed by atoms with Gasteiger partial charge >= 0.3 is 0 Å². The average Bonchev–Trinajstić information content (AvgIpc) is 2.21. The van der Waals surface area contributed by atoms with Crippen LogP contribution in [0.15, 0.2) is 0 Å². The highest BCUT2D eigenvalue weighted by Gasteiger charge is 2.07. The summed E-state index contributed by atoms with van der Waals surface area (Å²) in [7, 11) is 0. The second-order valence-corrected chi connectivity index (χ2v) is 3.92. The molecule has 0 aromatic heterocycles. The second-order valence-electron chi connectivity index (χ2n) is 3.92. The molecule has 0 bridgehead atoms. The van der Waals surface area contributed by atoms with Crippen molar-refractivity contribution in [3.05, 3.63) is 0 Å². The predicted molar refractivity (Wildman–Crippen MR) is 57.1 cm³/mol. The molecule has 0 radical (unpaired) electrons. The van der Waals surface area contributed by atoms with Gasteiger partial charge in [0.15, 0.2) is 0 Å². The van der Waals surface area contributed by atoms with Gasteiger partial charge in [0.1, 0.15) is 0 Å². The van der Waals surface area contributed by atoms with E-state index in [-0.39, 0.29) is 12.7 Å². The van der Waals surface area contributed by atoms with Crippen LogP contribution >= 0.6 is 0 Å². The van der Waals surface area contributed by atoms with Crippen molar-refractivity contribution in [1.82, 2.24) is 0 Å². The van der Waals surface area contributed by atoms with Crippen LogP contribution in [0.25, 0.3) is 0 Å². The maximum absolute atomic E-state index is 9.50. The molecule has 3 N–H and O–H groups in total. The lowest BCUT2D eigenvalue weighted by Crippen LogP contribution is -2.16. The van der Waals surface area contributed by atoms with Crippen molar-refractivity contribution in [2.24, 2.45) is 0 Å². The Balaban J connectivity index is 3.23. The third-order valence-electron chi connectivity index (χ3n) is 2.43. The molecule has 0 heterocycles. The lowest BCUT2D eigenvalue weighted by Gasteiger charge is -2.12. The van der Waals surface area contributed by atoms with E-state index in [2.05, 4.69) is 6.92 Å². The van der Waals surface area contributed by atoms with Crippen LogP contribution in [-0.2, 0) is 0 Å². The Labute approximate surface area is 86.8 Å². The molecule has 0 aliphatic carbocycles. The van der Waals surface area contributed by atoms with Crippen LogP contribution in [0.4, 0.5) is 0 Å². The van der Waals surface area contributed by atoms with Gasteiger partial charge in [-0.3, -0.25) is 0 Å². The number of aliphatic hydroxyl groups excluding tert-OH is 3. The highest BCUT2D eigenvalue weighted by atomic mass is 16.3. The third kappa shape index (κ3) is 8.48. The van der Waals surface area contributed by atoms with E-state index in [0.29, 0.717) is 12.8 Å². The summed E-state index contributed by atoms with van der Waals surface area (Å²) in [4.78, 5) is 0. The van der Waals surface area contributed by atoms with Crippen molar-refractivity contribution in [3.8, 4) is 0 Å². The minimum atomic E-state index is -0.666. The molecule has 86 valence electrons. The Morgan fingerprint density at radius 3 is 2.07 bits per heavy atom. The van der Waals surface area contributed by atoms with Crippen LogP contribution in [-0.4, -0.2) is 34.1 Å². The highest BCUT2D eigenvalue weighted by Crippen LogP contribution is 2.10. The van der Waals surface area contributed by atoms with Gasteiger partial charge in [-0.25, -0.2) is 0 Å². The summed E-state index contributed by atoms with van der Waals surface area (Å²) < 4.78 is 0. The molecule has 14 heavy (non-hydrogen) atoms. The van der Waals surface area contributed by atoms with E-state index >= 15 is 0 Å². The van der Waals surface area contributed by atoms with E-state index in [0.717, 1.165) is 12.8 Å². The second kappa shape index (κ2) is 9.44. The molecule has 0 aliphatic heterocycles. The average molecular weight is 204 g/mol. The molecule has 0 saturated carbocycles. The zero-order valence-corrected chi connectivity index (χ0v) is 9.15. The molecule has 0 aliphatic rings. The SMILES string of the molecule is CCCCCC[C@H](O)CC[C@H](O)CO. The quantitative estimate of drug-likeness (QED) is 0.498. The van der Waals surface area contributed by atoms with Crippen LogP contribution in [0.1, 0.15) is 51.9 Å². The summed E-state index contributed by atoms with van der Waals surface area (Å²) in [6.07, 6.45) is 5.59. The Morgan fingerprint density at radius 1 is 0.857 bits per heavy atom. The van der Waals surface area contributed by atoms with Crippen LogP contribution < -0.4 is 0 Å². The fraction of sp³-hybridized carbons (Fsp3) is 1.00. The molecular weight excluding hydrogens is 180 g/mol. The molecule has 0 fully saturated rings. The van der Waals surface area contributed by atoms with E-state index in [4.69, 9.17) is 10.2 Å². The normalized spacial score (nSPS) is 15.4. The minimum Gasteiger partial charge on any atom is -0.394 e. The molecular formula is C11H24O3. The highest BCUT2D eigenvalue weighted by molar-refractivity contribution is 4.60. The summed E-state index contributed by atoms with van der Waals surface area (Å²) in [5.41, 5.74) is 0. The van der Waals surface area contributed by atoms with Gasteiger partial charge in [-0.2, -0.15) is 0 Å². The topological polar surface area (TPSA) is 60.7 Å². The maximum atomic E-state index is 9.50. The molecule has 3 heteroatoms. The largest absolute Gasteiger partial charge is 0.394 e. The number of aliphatic hydroxyl groups is 3. The lowest BCUT2D eigenvalue weighted by molar-refractivity contribution is 0.0660. The van der Waals surface area contributed by atoms with E-state index in [9.17, 15) is 5.11 Å². The Morgan fingerprint density at radius 2 is 1.50 bits per heavy atom. The molecule has 0 unspecified atom stereocenters. The maximum Gasteiger partial charge on any atom is 0.0771 e. The van der Waals surface area contributed by atoms with Crippen LogP contribution in [0.2, 0.25) is 0 Å². The first kappa shape index (κ1) is 13.9. The lowest BCUT2D eigenvalue weighted by atomic mass is 10.0. The van der Waals surface area contributed by atoms with Crippen molar-refractivity contribution >= 4 is 0 Å². The molecule has 0 saturated heterocycles. The van der Waals surface area contributed by atoms with Crippen molar-refractivity contribution in [3.63, 3.8) is 0 Å². The first-order chi connectivity index (χ1) is 6.70. The molecule has 0 spiro atoms. The van der Waals surface area contributed by atoms with Gasteiger partial charge < -0.3 is 15.3 Å². The van der Waals surface area contributed by atoms with Crippen LogP contribution in [0.3, 0.4) is 0 Å². The van der Waals surface area contributed by atoms with Crippen LogP contribution in [0, 0.1) is 0 Å². The monoisotopic (exact) mass is 204 g/mol. The standard InChI is InChI=1S/C11H24O3/c1-2-3-4-5-6-10(13)7-8-11(14)9-12/h10-14H,2-9H2,1H3/t10-,11-/m0/s1. The summed E-state index contributed by atoms with van der Waals surface area (Å²) >= 11 is 0. The summed E-state index contributed by atoms with van der Waals surface area (Å²) in [6, 6.07) is 0. The summed E-state index contributed by atoms with van der Waals surface area (Å²) in [5, 5.41) is 27.1. The van der Waals surface area contributed by atoms with Crippen molar-refractivity contribution in [1.29, 1.82) is 0 Å². The van der Waals surface area contributed by atoms with Gasteiger partial charge in [0.25, 0.3) is 0 Å². The van der Waals surface area contributed by atoms with E-state index < -0.39 is 6.10 Å². The molecule has 3 nitrogen and oxygen atoms in total. The molecule has 2 atom stereocenters. The fourth-order valence-electron chi connectivity index (χ4n) is 1.43. The molecule has 0 amide bonds. The number of unbranched alkanes of at least 4 members (excludes halogenated alkanes) is 3. The van der Waals surface area contributed by atoms with Gasteiger partial charge in [-0.1, -0.05) is 32.6 Å². The van der Waals surface area contributed by atoms with Gasteiger partial charge in [-0.05, 0) is 19.3 Å². The fourth-order valence-corrected chi connectivity index (χ4v) is 1.43. The number of hydrogen-bond acceptors (Lipinski definition) is 3. The van der Waals surface area contributed by atoms with Gasteiger partial charge in [-0.15, -0.1) is 0 Å². The van der Waals surface area contributed by atoms with Crippen molar-refractivity contribution < 1.29 is 15.3 Å². The summed E-state index contributed by atoms with van der Waals surface area (Å²) in [6.45, 7) is 1.95. The Kier molecular flexibility index (Phi) is 9.35. The van der Waals surface area contributed by atoms with Gasteiger partial charge in [0, 0.05) is 0 Å². The van der Waals surface area contributed by atoms with Crippen LogP contribution in [0.5, 0.6) is 0 Å². The van der Waals surface area contributed by atoms with Crippen molar-refractivity contribution in [2.45, 2.75) is 64.1 Å². The third-order valence-corrected chi connectivity index (χ3v) is 2.43. The zero-order valence-electron chi connectivity index (χ0n) is 9.15. The van der Waals surface area contributed by atoms with E-state index in [1.54, 1.807) is 0 Å². The zero-order chi connectivity index (χ0) is 10.8. The minimum absolute atomic E-state index is 0.206. The number of hydrogen-bond donors (Lipinski definition) is 3. The first-order valence-corrected chi connectivity index (χ1v) is 5.67. The molecule has 0 aromatic carbocycles. The van der Waals surface area contributed by atoms with Gasteiger partial charge in [0.05, 0.1) is 18.8 Å². The first-order valence-electron chi connectivity index (χ1n) is 5.67. The summed E-state index contributed by atoms with van der Waals surface area (Å²) in [5.74, 6) is 0. The molecule has 0 aromatic rings. The Bertz CT molecular complexity index is 117. The van der Waals surface area contributed by atoms with Crippen molar-refractivity contribution in [2.75, 3.05) is 6.61 Å².